The highest BCUT2D eigenvalue weighted by atomic mass is 127. The second kappa shape index (κ2) is 12.2. The first-order valence-electron chi connectivity index (χ1n) is 9.05. The molecule has 2 aromatic rings. The summed E-state index contributed by atoms with van der Waals surface area (Å²) in [6, 6.07) is 6.27. The molecule has 0 spiro atoms. The molecule has 5 nitrogen and oxygen atoms in total. The number of hydrogen-bond acceptors (Lipinski definition) is 4. The number of nitrogens with one attached hydrogen (secondary N) is 2. The molecular weight excluding hydrogens is 471 g/mol. The number of thiazole rings is 1. The van der Waals surface area contributed by atoms with E-state index in [1.807, 2.05) is 6.07 Å². The fraction of sp³-hybridized carbons (Fsp3) is 0.500. The smallest absolute Gasteiger partial charge is 0.190 e. The van der Waals surface area contributed by atoms with Crippen molar-refractivity contribution >= 4 is 41.3 Å². The normalized spacial score (nSPS) is 11.3. The Labute approximate surface area is 184 Å². The number of nitrogens with zero attached hydrogens (tertiary/aromatic N) is 2. The molecule has 2 rings (SSSR count). The number of halogens is 1. The van der Waals surface area contributed by atoms with E-state index in [0.717, 1.165) is 43.3 Å². The zero-order chi connectivity index (χ0) is 18.9. The maximum Gasteiger partial charge on any atom is 0.190 e. The van der Waals surface area contributed by atoms with Crippen molar-refractivity contribution in [1.29, 1.82) is 0 Å². The molecule has 2 N–H and O–H groups in total. The van der Waals surface area contributed by atoms with Gasteiger partial charge < -0.3 is 15.4 Å². The zero-order valence-electron chi connectivity index (χ0n) is 16.8. The maximum atomic E-state index is 5.44. The van der Waals surface area contributed by atoms with Gasteiger partial charge in [0.2, 0.25) is 0 Å². The van der Waals surface area contributed by atoms with Crippen molar-refractivity contribution in [2.24, 2.45) is 4.99 Å². The fourth-order valence-electron chi connectivity index (χ4n) is 2.65. The molecule has 0 bridgehead atoms. The lowest BCUT2D eigenvalue weighted by atomic mass is 10.1. The van der Waals surface area contributed by atoms with Crippen LogP contribution in [0.2, 0.25) is 0 Å². The zero-order valence-corrected chi connectivity index (χ0v) is 20.0. The van der Waals surface area contributed by atoms with Crippen LogP contribution in [0.3, 0.4) is 0 Å². The molecule has 1 aromatic heterocycles. The van der Waals surface area contributed by atoms with Crippen LogP contribution in [0.5, 0.6) is 5.75 Å². The summed E-state index contributed by atoms with van der Waals surface area (Å²) in [4.78, 5) is 8.96. The first-order chi connectivity index (χ1) is 12.5. The van der Waals surface area contributed by atoms with E-state index in [2.05, 4.69) is 58.9 Å². The van der Waals surface area contributed by atoms with Crippen LogP contribution >= 0.6 is 35.3 Å². The number of rotatable bonds is 8. The maximum absolute atomic E-state index is 5.44. The van der Waals surface area contributed by atoms with Gasteiger partial charge in [-0.3, -0.25) is 4.99 Å². The second-order valence-electron chi connectivity index (χ2n) is 6.57. The van der Waals surface area contributed by atoms with Crippen molar-refractivity contribution in [3.8, 4) is 5.75 Å². The average Bonchev–Trinajstić information content (AvgIpc) is 3.10. The monoisotopic (exact) mass is 502 g/mol. The highest BCUT2D eigenvalue weighted by Crippen LogP contribution is 2.20. The minimum atomic E-state index is 0. The van der Waals surface area contributed by atoms with Crippen molar-refractivity contribution in [3.63, 3.8) is 0 Å². The Hall–Kier alpha value is -1.35. The van der Waals surface area contributed by atoms with Gasteiger partial charge in [0.25, 0.3) is 0 Å². The van der Waals surface area contributed by atoms with Crippen LogP contribution in [-0.2, 0) is 12.8 Å². The van der Waals surface area contributed by atoms with Gasteiger partial charge in [-0.1, -0.05) is 31.5 Å². The summed E-state index contributed by atoms with van der Waals surface area (Å²) in [5.74, 6) is 2.25. The molecule has 1 aromatic carbocycles. The molecule has 1 heterocycles. The molecule has 0 aliphatic heterocycles. The third-order valence-electron chi connectivity index (χ3n) is 4.08. The predicted molar refractivity (Wildman–Crippen MR) is 126 cm³/mol. The van der Waals surface area contributed by atoms with Crippen LogP contribution < -0.4 is 15.4 Å². The van der Waals surface area contributed by atoms with E-state index in [1.165, 1.54) is 16.1 Å². The number of aromatic nitrogens is 1. The molecule has 0 aliphatic rings. The van der Waals surface area contributed by atoms with Gasteiger partial charge in [-0.2, -0.15) is 0 Å². The molecule has 0 saturated carbocycles. The quantitative estimate of drug-likeness (QED) is 0.324. The Morgan fingerprint density at radius 3 is 2.52 bits per heavy atom. The van der Waals surface area contributed by atoms with Crippen molar-refractivity contribution in [1.82, 2.24) is 15.6 Å². The number of methoxy groups -OCH3 is 1. The van der Waals surface area contributed by atoms with E-state index in [1.54, 1.807) is 25.5 Å². The van der Waals surface area contributed by atoms with Gasteiger partial charge in [0.05, 0.1) is 17.8 Å². The van der Waals surface area contributed by atoms with Crippen molar-refractivity contribution in [2.45, 2.75) is 39.5 Å². The molecule has 0 fully saturated rings. The molecule has 27 heavy (non-hydrogen) atoms. The number of guanidine groups is 1. The van der Waals surface area contributed by atoms with Crippen molar-refractivity contribution in [3.05, 3.63) is 45.4 Å². The summed E-state index contributed by atoms with van der Waals surface area (Å²) < 4.78 is 5.44. The second-order valence-corrected chi connectivity index (χ2v) is 7.46. The highest BCUT2D eigenvalue weighted by molar-refractivity contribution is 14.0. The fourth-order valence-corrected chi connectivity index (χ4v) is 3.52. The topological polar surface area (TPSA) is 58.5 Å². The van der Waals surface area contributed by atoms with E-state index in [-0.39, 0.29) is 24.0 Å². The molecule has 150 valence electrons. The molecule has 0 unspecified atom stereocenters. The number of benzene rings is 1. The summed E-state index contributed by atoms with van der Waals surface area (Å²) in [5, 5.41) is 10.1. The summed E-state index contributed by atoms with van der Waals surface area (Å²) >= 11 is 1.74. The Bertz CT molecular complexity index is 731. The van der Waals surface area contributed by atoms with Crippen LogP contribution in [0, 0.1) is 6.92 Å². The first-order valence-corrected chi connectivity index (χ1v) is 9.93. The SMILES string of the molecule is CN=C(NCCc1csc(C(C)C)n1)NCCc1cc(C)ccc1OC.I. The number of ether oxygens (including phenoxy) is 1. The largest absolute Gasteiger partial charge is 0.496 e. The van der Waals surface area contributed by atoms with Crippen molar-refractivity contribution < 1.29 is 4.74 Å². The van der Waals surface area contributed by atoms with Crippen molar-refractivity contribution in [2.75, 3.05) is 27.2 Å². The molecule has 0 aliphatic carbocycles. The van der Waals surface area contributed by atoms with Gasteiger partial charge in [0.1, 0.15) is 5.75 Å². The minimum absolute atomic E-state index is 0. The predicted octanol–water partition coefficient (Wildman–Crippen LogP) is 4.15. The Morgan fingerprint density at radius 2 is 1.93 bits per heavy atom. The van der Waals surface area contributed by atoms with Gasteiger partial charge >= 0.3 is 0 Å². The molecule has 0 saturated heterocycles. The lowest BCUT2D eigenvalue weighted by Crippen LogP contribution is -2.39. The van der Waals surface area contributed by atoms with Gasteiger partial charge in [-0.05, 0) is 25.0 Å². The minimum Gasteiger partial charge on any atom is -0.496 e. The third kappa shape index (κ3) is 7.65. The third-order valence-corrected chi connectivity index (χ3v) is 5.28. The summed E-state index contributed by atoms with van der Waals surface area (Å²) in [7, 11) is 3.51. The Morgan fingerprint density at radius 1 is 1.22 bits per heavy atom. The first kappa shape index (κ1) is 23.7. The van der Waals surface area contributed by atoms with Gasteiger partial charge in [-0.25, -0.2) is 4.98 Å². The van der Waals surface area contributed by atoms with Crippen LogP contribution in [-0.4, -0.2) is 38.2 Å². The Balaban J connectivity index is 0.00000364. The van der Waals surface area contributed by atoms with E-state index in [4.69, 9.17) is 4.74 Å². The highest BCUT2D eigenvalue weighted by Gasteiger charge is 2.07. The van der Waals surface area contributed by atoms with E-state index < -0.39 is 0 Å². The van der Waals surface area contributed by atoms with Crippen LogP contribution in [0.15, 0.2) is 28.6 Å². The number of aryl methyl sites for hydroxylation is 1. The van der Waals surface area contributed by atoms with Gasteiger partial charge in [0.15, 0.2) is 5.96 Å². The lowest BCUT2D eigenvalue weighted by molar-refractivity contribution is 0.409. The molecule has 7 heteroatoms. The number of aliphatic imine (C=N–C) groups is 1. The average molecular weight is 502 g/mol. The molecule has 0 amide bonds. The van der Waals surface area contributed by atoms with Crippen LogP contribution in [0.4, 0.5) is 0 Å². The summed E-state index contributed by atoms with van der Waals surface area (Å²) in [6.07, 6.45) is 1.78. The van der Waals surface area contributed by atoms with E-state index in [9.17, 15) is 0 Å². The number of hydrogen-bond donors (Lipinski definition) is 2. The van der Waals surface area contributed by atoms with Crippen LogP contribution in [0.1, 0.15) is 41.6 Å². The molecule has 0 atom stereocenters. The van der Waals surface area contributed by atoms with Gasteiger partial charge in [-0.15, -0.1) is 35.3 Å². The lowest BCUT2D eigenvalue weighted by Gasteiger charge is -2.13. The van der Waals surface area contributed by atoms with Crippen LogP contribution in [0.25, 0.3) is 0 Å². The van der Waals surface area contributed by atoms with E-state index in [0.29, 0.717) is 5.92 Å². The summed E-state index contributed by atoms with van der Waals surface area (Å²) in [5.41, 5.74) is 3.60. The van der Waals surface area contributed by atoms with E-state index >= 15 is 0 Å². The standard InChI is InChI=1S/C20H30N4OS.HI/c1-14(2)19-24-17(13-26-19)9-11-23-20(21-4)22-10-8-16-12-15(3)6-7-18(16)25-5;/h6-7,12-14H,8-11H2,1-5H3,(H2,21,22,23);1H. The molecular formula is C20H31IN4OS. The Kier molecular flexibility index (Phi) is 10.7. The molecule has 0 radical (unpaired) electrons. The summed E-state index contributed by atoms with van der Waals surface area (Å²) in [6.45, 7) is 8.06. The van der Waals surface area contributed by atoms with Gasteiger partial charge in [0, 0.05) is 37.9 Å².